The minimum atomic E-state index is 0.208. The van der Waals surface area contributed by atoms with Gasteiger partial charge < -0.3 is 14.8 Å². The number of halogens is 2. The number of methoxy groups -OCH3 is 1. The Labute approximate surface area is 130 Å². The lowest BCUT2D eigenvalue weighted by Gasteiger charge is -2.32. The van der Waals surface area contributed by atoms with Gasteiger partial charge in [0.1, 0.15) is 5.75 Å². The monoisotopic (exact) mass is 317 g/mol. The Morgan fingerprint density at radius 3 is 2.60 bits per heavy atom. The summed E-state index contributed by atoms with van der Waals surface area (Å²) in [7, 11) is 1.59. The van der Waals surface area contributed by atoms with Gasteiger partial charge in [-0.05, 0) is 36.9 Å². The van der Waals surface area contributed by atoms with Gasteiger partial charge in [-0.1, -0.05) is 30.1 Å². The quantitative estimate of drug-likeness (QED) is 0.887. The number of hydrogen-bond donors (Lipinski definition) is 1. The SMILES string of the molecule is CCNC(c1cc(Cl)c(OC)cc1Cl)C1CCOCC1. The maximum Gasteiger partial charge on any atom is 0.138 e. The van der Waals surface area contributed by atoms with Gasteiger partial charge in [0.05, 0.1) is 12.1 Å². The van der Waals surface area contributed by atoms with Crippen LogP contribution in [0.25, 0.3) is 0 Å². The summed E-state index contributed by atoms with van der Waals surface area (Å²) in [6.45, 7) is 4.62. The Balaban J connectivity index is 2.30. The smallest absolute Gasteiger partial charge is 0.138 e. The van der Waals surface area contributed by atoms with E-state index in [1.807, 2.05) is 6.07 Å². The number of ether oxygens (including phenoxy) is 2. The van der Waals surface area contributed by atoms with Crippen LogP contribution in [0.5, 0.6) is 5.75 Å². The molecule has 0 spiro atoms. The van der Waals surface area contributed by atoms with Gasteiger partial charge >= 0.3 is 0 Å². The van der Waals surface area contributed by atoms with Crippen molar-refractivity contribution < 1.29 is 9.47 Å². The van der Waals surface area contributed by atoms with E-state index in [9.17, 15) is 0 Å². The summed E-state index contributed by atoms with van der Waals surface area (Å²) in [5, 5.41) is 4.83. The Kier molecular flexibility index (Phi) is 5.97. The number of hydrogen-bond acceptors (Lipinski definition) is 3. The van der Waals surface area contributed by atoms with E-state index in [1.165, 1.54) is 0 Å². The molecule has 0 radical (unpaired) electrons. The van der Waals surface area contributed by atoms with Crippen LogP contribution in [0.2, 0.25) is 10.0 Å². The van der Waals surface area contributed by atoms with E-state index in [4.69, 9.17) is 32.7 Å². The van der Waals surface area contributed by atoms with Gasteiger partial charge in [0.15, 0.2) is 0 Å². The lowest BCUT2D eigenvalue weighted by molar-refractivity contribution is 0.0538. The van der Waals surface area contributed by atoms with E-state index in [-0.39, 0.29) is 6.04 Å². The molecule has 0 aromatic heterocycles. The van der Waals surface area contributed by atoms with Gasteiger partial charge in [-0.15, -0.1) is 0 Å². The highest BCUT2D eigenvalue weighted by Crippen LogP contribution is 2.38. The maximum absolute atomic E-state index is 6.42. The summed E-state index contributed by atoms with van der Waals surface area (Å²) in [6, 6.07) is 3.92. The van der Waals surface area contributed by atoms with Gasteiger partial charge in [0.2, 0.25) is 0 Å². The van der Waals surface area contributed by atoms with Crippen molar-refractivity contribution in [3.63, 3.8) is 0 Å². The van der Waals surface area contributed by atoms with Gasteiger partial charge in [-0.25, -0.2) is 0 Å². The molecule has 2 rings (SSSR count). The van der Waals surface area contributed by atoms with Crippen LogP contribution < -0.4 is 10.1 Å². The van der Waals surface area contributed by atoms with Crippen LogP contribution in [-0.2, 0) is 4.74 Å². The Hall–Kier alpha value is -0.480. The zero-order valence-corrected chi connectivity index (χ0v) is 13.4. The molecule has 0 aliphatic carbocycles. The van der Waals surface area contributed by atoms with E-state index in [0.29, 0.717) is 21.7 Å². The molecule has 5 heteroatoms. The van der Waals surface area contributed by atoms with E-state index in [2.05, 4.69) is 12.2 Å². The van der Waals surface area contributed by atoms with Gasteiger partial charge in [-0.3, -0.25) is 0 Å². The first-order chi connectivity index (χ1) is 9.67. The fraction of sp³-hybridized carbons (Fsp3) is 0.600. The first kappa shape index (κ1) is 15.9. The molecule has 1 N–H and O–H groups in total. The van der Waals surface area contributed by atoms with E-state index in [0.717, 1.165) is 38.2 Å². The summed E-state index contributed by atoms with van der Waals surface area (Å²) in [4.78, 5) is 0. The van der Waals surface area contributed by atoms with Gasteiger partial charge in [0, 0.05) is 30.3 Å². The van der Waals surface area contributed by atoms with E-state index in [1.54, 1.807) is 13.2 Å². The Morgan fingerprint density at radius 1 is 1.30 bits per heavy atom. The Bertz CT molecular complexity index is 448. The van der Waals surface area contributed by atoms with E-state index < -0.39 is 0 Å². The predicted octanol–water partition coefficient (Wildman–Crippen LogP) is 4.08. The van der Waals surface area contributed by atoms with Crippen molar-refractivity contribution in [3.05, 3.63) is 27.7 Å². The fourth-order valence-corrected chi connectivity index (χ4v) is 3.26. The second-order valence-electron chi connectivity index (χ2n) is 4.99. The van der Waals surface area contributed by atoms with Crippen LogP contribution in [0.3, 0.4) is 0 Å². The average molecular weight is 318 g/mol. The summed E-state index contributed by atoms with van der Waals surface area (Å²) in [6.07, 6.45) is 2.08. The third kappa shape index (κ3) is 3.59. The highest BCUT2D eigenvalue weighted by molar-refractivity contribution is 6.34. The van der Waals surface area contributed by atoms with Crippen LogP contribution in [0, 0.1) is 5.92 Å². The van der Waals surface area contributed by atoms with Crippen molar-refractivity contribution in [2.75, 3.05) is 26.9 Å². The molecule has 1 fully saturated rings. The van der Waals surface area contributed by atoms with Crippen molar-refractivity contribution in [3.8, 4) is 5.75 Å². The number of rotatable bonds is 5. The standard InChI is InChI=1S/C15H21Cl2NO2/c1-3-18-15(10-4-6-20-7-5-10)11-8-13(17)14(19-2)9-12(11)16/h8-10,15,18H,3-7H2,1-2H3. The minimum absolute atomic E-state index is 0.208. The predicted molar refractivity (Wildman–Crippen MR) is 83.0 cm³/mol. The van der Waals surface area contributed by atoms with Crippen LogP contribution in [0.4, 0.5) is 0 Å². The zero-order chi connectivity index (χ0) is 14.5. The molecule has 1 saturated heterocycles. The van der Waals surface area contributed by atoms with Crippen LogP contribution in [-0.4, -0.2) is 26.9 Å². The van der Waals surface area contributed by atoms with Crippen molar-refractivity contribution >= 4 is 23.2 Å². The summed E-state index contributed by atoms with van der Waals surface area (Å²) in [5.41, 5.74) is 1.05. The van der Waals surface area contributed by atoms with Crippen LogP contribution in [0.15, 0.2) is 12.1 Å². The van der Waals surface area contributed by atoms with Crippen molar-refractivity contribution in [1.29, 1.82) is 0 Å². The third-order valence-corrected chi connectivity index (χ3v) is 4.39. The molecular weight excluding hydrogens is 297 g/mol. The molecule has 1 atom stereocenters. The van der Waals surface area contributed by atoms with Gasteiger partial charge in [0.25, 0.3) is 0 Å². The molecule has 0 saturated carbocycles. The first-order valence-electron chi connectivity index (χ1n) is 7.01. The lowest BCUT2D eigenvalue weighted by atomic mass is 9.87. The van der Waals surface area contributed by atoms with Crippen molar-refractivity contribution in [2.24, 2.45) is 5.92 Å². The maximum atomic E-state index is 6.42. The van der Waals surface area contributed by atoms with Crippen molar-refractivity contribution in [1.82, 2.24) is 5.32 Å². The highest BCUT2D eigenvalue weighted by atomic mass is 35.5. The molecule has 1 aliphatic heterocycles. The lowest BCUT2D eigenvalue weighted by Crippen LogP contribution is -2.32. The second kappa shape index (κ2) is 7.51. The van der Waals surface area contributed by atoms with Gasteiger partial charge in [-0.2, -0.15) is 0 Å². The molecular formula is C15H21Cl2NO2. The largest absolute Gasteiger partial charge is 0.495 e. The molecule has 20 heavy (non-hydrogen) atoms. The van der Waals surface area contributed by atoms with Crippen molar-refractivity contribution in [2.45, 2.75) is 25.8 Å². The highest BCUT2D eigenvalue weighted by Gasteiger charge is 2.27. The fourth-order valence-electron chi connectivity index (χ4n) is 2.74. The molecule has 1 aliphatic rings. The molecule has 1 aromatic rings. The first-order valence-corrected chi connectivity index (χ1v) is 7.77. The van der Waals surface area contributed by atoms with Crippen LogP contribution in [0.1, 0.15) is 31.4 Å². The molecule has 0 amide bonds. The van der Waals surface area contributed by atoms with Crippen LogP contribution >= 0.6 is 23.2 Å². The number of nitrogens with one attached hydrogen (secondary N) is 1. The summed E-state index contributed by atoms with van der Waals surface area (Å²) in [5.74, 6) is 1.13. The number of benzene rings is 1. The summed E-state index contributed by atoms with van der Waals surface area (Å²) < 4.78 is 10.7. The normalized spacial score (nSPS) is 18.0. The molecule has 1 aromatic carbocycles. The summed E-state index contributed by atoms with van der Waals surface area (Å²) >= 11 is 12.7. The topological polar surface area (TPSA) is 30.5 Å². The molecule has 112 valence electrons. The second-order valence-corrected chi connectivity index (χ2v) is 5.81. The third-order valence-electron chi connectivity index (χ3n) is 3.77. The molecule has 0 bridgehead atoms. The molecule has 1 heterocycles. The molecule has 3 nitrogen and oxygen atoms in total. The zero-order valence-electron chi connectivity index (χ0n) is 11.9. The average Bonchev–Trinajstić information content (AvgIpc) is 2.48. The molecule has 1 unspecified atom stereocenters. The minimum Gasteiger partial charge on any atom is -0.495 e. The Morgan fingerprint density at radius 2 is 2.00 bits per heavy atom. The van der Waals surface area contributed by atoms with E-state index >= 15 is 0 Å².